The first-order valence-electron chi connectivity index (χ1n) is 9.55. The number of aliphatic imine (C=N–C) groups is 1. The first kappa shape index (κ1) is 20.5. The van der Waals surface area contributed by atoms with Gasteiger partial charge >= 0.3 is 0 Å². The zero-order valence-electron chi connectivity index (χ0n) is 16.3. The summed E-state index contributed by atoms with van der Waals surface area (Å²) in [7, 11) is 1.77. The highest BCUT2D eigenvalue weighted by molar-refractivity contribution is 5.79. The molecule has 0 spiro atoms. The molecule has 0 saturated carbocycles. The van der Waals surface area contributed by atoms with Crippen LogP contribution in [0.1, 0.15) is 31.7 Å². The number of benzene rings is 1. The lowest BCUT2D eigenvalue weighted by Crippen LogP contribution is -2.42. The number of aryl methyl sites for hydroxylation is 1. The van der Waals surface area contributed by atoms with Crippen molar-refractivity contribution >= 4 is 5.96 Å². The summed E-state index contributed by atoms with van der Waals surface area (Å²) in [6, 6.07) is 8.05. The number of hydrogen-bond donors (Lipinski definition) is 2. The van der Waals surface area contributed by atoms with E-state index in [4.69, 9.17) is 14.2 Å². The van der Waals surface area contributed by atoms with Gasteiger partial charge in [-0.2, -0.15) is 0 Å². The van der Waals surface area contributed by atoms with Gasteiger partial charge in [0.1, 0.15) is 11.9 Å². The maximum absolute atomic E-state index is 5.97. The maximum atomic E-state index is 5.97. The molecular formula is C20H33N3O3. The number of nitrogens with one attached hydrogen (secondary N) is 2. The second-order valence-corrected chi connectivity index (χ2v) is 6.64. The lowest BCUT2D eigenvalue weighted by Gasteiger charge is -2.19. The lowest BCUT2D eigenvalue weighted by molar-refractivity contribution is 0.0168. The second kappa shape index (κ2) is 11.8. The molecule has 2 atom stereocenters. The van der Waals surface area contributed by atoms with E-state index in [0.717, 1.165) is 56.3 Å². The van der Waals surface area contributed by atoms with Gasteiger partial charge in [0.05, 0.1) is 19.3 Å². The van der Waals surface area contributed by atoms with Gasteiger partial charge in [-0.3, -0.25) is 4.99 Å². The summed E-state index contributed by atoms with van der Waals surface area (Å²) >= 11 is 0. The Kier molecular flexibility index (Phi) is 9.28. The molecule has 0 aliphatic carbocycles. The fraction of sp³-hybridized carbons (Fsp3) is 0.650. The molecule has 2 unspecified atom stereocenters. The van der Waals surface area contributed by atoms with Gasteiger partial charge in [-0.25, -0.2) is 0 Å². The molecule has 1 aromatic carbocycles. The summed E-state index contributed by atoms with van der Waals surface area (Å²) in [5.74, 6) is 1.71. The van der Waals surface area contributed by atoms with Crippen molar-refractivity contribution in [2.75, 3.05) is 40.0 Å². The summed E-state index contributed by atoms with van der Waals surface area (Å²) in [5.41, 5.74) is 1.14. The van der Waals surface area contributed by atoms with Gasteiger partial charge in [-0.15, -0.1) is 0 Å². The molecule has 1 fully saturated rings. The van der Waals surface area contributed by atoms with Crippen molar-refractivity contribution in [1.29, 1.82) is 0 Å². The predicted octanol–water partition coefficient (Wildman–Crippen LogP) is 2.51. The van der Waals surface area contributed by atoms with Crippen LogP contribution in [0.25, 0.3) is 0 Å². The minimum absolute atomic E-state index is 0.0457. The number of rotatable bonds is 10. The van der Waals surface area contributed by atoms with Crippen molar-refractivity contribution in [3.63, 3.8) is 0 Å². The van der Waals surface area contributed by atoms with Crippen molar-refractivity contribution in [3.05, 3.63) is 29.8 Å². The maximum Gasteiger partial charge on any atom is 0.191 e. The standard InChI is InChI=1S/C20H33N3O3/c1-16-8-4-5-10-19(16)26-17(2)14-23-20(21-3)22-11-7-12-24-15-18-9-6-13-25-18/h4-5,8,10,17-18H,6-7,9,11-15H2,1-3H3,(H2,21,22,23). The zero-order chi connectivity index (χ0) is 18.6. The van der Waals surface area contributed by atoms with Crippen LogP contribution in [-0.4, -0.2) is 58.1 Å². The number of guanidine groups is 1. The van der Waals surface area contributed by atoms with Gasteiger partial charge < -0.3 is 24.8 Å². The molecule has 0 bridgehead atoms. The van der Waals surface area contributed by atoms with E-state index >= 15 is 0 Å². The highest BCUT2D eigenvalue weighted by Gasteiger charge is 2.14. The van der Waals surface area contributed by atoms with Gasteiger partial charge in [0.15, 0.2) is 5.96 Å². The average Bonchev–Trinajstić information content (AvgIpc) is 3.16. The Morgan fingerprint density at radius 3 is 2.92 bits per heavy atom. The predicted molar refractivity (Wildman–Crippen MR) is 105 cm³/mol. The second-order valence-electron chi connectivity index (χ2n) is 6.64. The molecule has 6 heteroatoms. The Bertz CT molecular complexity index is 545. The minimum atomic E-state index is 0.0457. The van der Waals surface area contributed by atoms with E-state index in [1.165, 1.54) is 0 Å². The Morgan fingerprint density at radius 2 is 2.19 bits per heavy atom. The molecule has 1 saturated heterocycles. The number of nitrogens with zero attached hydrogens (tertiary/aromatic N) is 1. The van der Waals surface area contributed by atoms with Crippen LogP contribution in [0.4, 0.5) is 0 Å². The smallest absolute Gasteiger partial charge is 0.191 e. The van der Waals surface area contributed by atoms with Crippen LogP contribution in [-0.2, 0) is 9.47 Å². The van der Waals surface area contributed by atoms with E-state index < -0.39 is 0 Å². The van der Waals surface area contributed by atoms with E-state index in [2.05, 4.69) is 28.6 Å². The van der Waals surface area contributed by atoms with E-state index in [1.54, 1.807) is 7.05 Å². The Morgan fingerprint density at radius 1 is 1.35 bits per heavy atom. The highest BCUT2D eigenvalue weighted by atomic mass is 16.5. The van der Waals surface area contributed by atoms with E-state index in [1.807, 2.05) is 25.1 Å². The van der Waals surface area contributed by atoms with Crippen molar-refractivity contribution in [2.24, 2.45) is 4.99 Å². The first-order chi connectivity index (χ1) is 12.7. The number of hydrogen-bond acceptors (Lipinski definition) is 4. The molecule has 1 heterocycles. The van der Waals surface area contributed by atoms with Crippen LogP contribution in [0.2, 0.25) is 0 Å². The molecule has 0 amide bonds. The fourth-order valence-electron chi connectivity index (χ4n) is 2.78. The van der Waals surface area contributed by atoms with Gasteiger partial charge in [-0.05, 0) is 44.7 Å². The summed E-state index contributed by atoms with van der Waals surface area (Å²) in [6.45, 7) is 7.92. The Hall–Kier alpha value is -1.79. The van der Waals surface area contributed by atoms with Gasteiger partial charge in [0, 0.05) is 26.8 Å². The van der Waals surface area contributed by atoms with Gasteiger partial charge in [-0.1, -0.05) is 18.2 Å². The highest BCUT2D eigenvalue weighted by Crippen LogP contribution is 2.17. The van der Waals surface area contributed by atoms with Gasteiger partial charge in [0.25, 0.3) is 0 Å². The summed E-state index contributed by atoms with van der Waals surface area (Å²) in [5, 5.41) is 6.60. The third-order valence-electron chi connectivity index (χ3n) is 4.29. The molecule has 0 radical (unpaired) electrons. The SMILES string of the molecule is CN=C(NCCCOCC1CCCO1)NCC(C)Oc1ccccc1C. The van der Waals surface area contributed by atoms with Crippen molar-refractivity contribution in [2.45, 2.75) is 45.3 Å². The van der Waals surface area contributed by atoms with Crippen LogP contribution >= 0.6 is 0 Å². The molecule has 1 aliphatic rings. The normalized spacial score (nSPS) is 18.6. The third-order valence-corrected chi connectivity index (χ3v) is 4.29. The molecule has 6 nitrogen and oxygen atoms in total. The van der Waals surface area contributed by atoms with Crippen LogP contribution < -0.4 is 15.4 Å². The lowest BCUT2D eigenvalue weighted by atomic mass is 10.2. The van der Waals surface area contributed by atoms with Crippen molar-refractivity contribution < 1.29 is 14.2 Å². The van der Waals surface area contributed by atoms with E-state index in [-0.39, 0.29) is 6.10 Å². The molecule has 0 aromatic heterocycles. The van der Waals surface area contributed by atoms with Crippen LogP contribution in [0.5, 0.6) is 5.75 Å². The van der Waals surface area contributed by atoms with Crippen molar-refractivity contribution in [1.82, 2.24) is 10.6 Å². The van der Waals surface area contributed by atoms with Crippen LogP contribution in [0.3, 0.4) is 0 Å². The van der Waals surface area contributed by atoms with Crippen LogP contribution in [0, 0.1) is 6.92 Å². The third kappa shape index (κ3) is 7.62. The van der Waals surface area contributed by atoms with Gasteiger partial charge in [0.2, 0.25) is 0 Å². The number of ether oxygens (including phenoxy) is 3. The largest absolute Gasteiger partial charge is 0.489 e. The summed E-state index contributed by atoms with van der Waals surface area (Å²) in [6.07, 6.45) is 3.56. The Labute approximate surface area is 157 Å². The molecule has 1 aromatic rings. The number of para-hydroxylation sites is 1. The van der Waals surface area contributed by atoms with Crippen LogP contribution in [0.15, 0.2) is 29.3 Å². The minimum Gasteiger partial charge on any atom is -0.489 e. The quantitative estimate of drug-likeness (QED) is 0.380. The van der Waals surface area contributed by atoms with Crippen molar-refractivity contribution in [3.8, 4) is 5.75 Å². The molecule has 1 aliphatic heterocycles. The summed E-state index contributed by atoms with van der Waals surface area (Å²) in [4.78, 5) is 4.24. The summed E-state index contributed by atoms with van der Waals surface area (Å²) < 4.78 is 17.2. The fourth-order valence-corrected chi connectivity index (χ4v) is 2.78. The molecule has 26 heavy (non-hydrogen) atoms. The van der Waals surface area contributed by atoms with E-state index in [9.17, 15) is 0 Å². The molecule has 2 rings (SSSR count). The zero-order valence-corrected chi connectivity index (χ0v) is 16.3. The Balaban J connectivity index is 1.54. The monoisotopic (exact) mass is 363 g/mol. The molecule has 146 valence electrons. The molecular weight excluding hydrogens is 330 g/mol. The topological polar surface area (TPSA) is 64.1 Å². The first-order valence-corrected chi connectivity index (χ1v) is 9.55. The average molecular weight is 364 g/mol. The molecule has 2 N–H and O–H groups in total. The van der Waals surface area contributed by atoms with E-state index in [0.29, 0.717) is 19.3 Å².